The van der Waals surface area contributed by atoms with Crippen molar-refractivity contribution in [3.05, 3.63) is 94.2 Å². The maximum absolute atomic E-state index is 13.6. The monoisotopic (exact) mass is 719 g/mol. The minimum absolute atomic E-state index is 0.0683. The topological polar surface area (TPSA) is 107 Å². The van der Waals surface area contributed by atoms with Gasteiger partial charge in [-0.3, -0.25) is 4.79 Å². The number of fused-ring (bicyclic) bond motifs is 4. The number of nitrogens with one attached hydrogen (secondary N) is 1. The normalized spacial score (nSPS) is 31.2. The Balaban J connectivity index is 1.38. The number of pyridine rings is 1. The largest absolute Gasteiger partial charge is 0.490 e. The van der Waals surface area contributed by atoms with E-state index < -0.39 is 26.8 Å². The Bertz CT molecular complexity index is 1920. The van der Waals surface area contributed by atoms with Gasteiger partial charge in [0, 0.05) is 48.3 Å². The molecule has 4 aliphatic rings. The van der Waals surface area contributed by atoms with E-state index in [0.29, 0.717) is 37.7 Å². The Hall–Kier alpha value is -3.60. The van der Waals surface area contributed by atoms with Crippen LogP contribution >= 0.6 is 11.6 Å². The average molecular weight is 720 g/mol. The molecule has 9 nitrogen and oxygen atoms in total. The summed E-state index contributed by atoms with van der Waals surface area (Å²) in [6.45, 7) is 5.37. The summed E-state index contributed by atoms with van der Waals surface area (Å²) in [5, 5.41) is -0.101. The molecule has 0 saturated heterocycles. The zero-order valence-electron chi connectivity index (χ0n) is 29.2. The molecule has 2 aliphatic carbocycles. The van der Waals surface area contributed by atoms with Crippen molar-refractivity contribution in [3.63, 3.8) is 0 Å². The van der Waals surface area contributed by atoms with Crippen LogP contribution in [0, 0.1) is 17.8 Å². The van der Waals surface area contributed by atoms with Gasteiger partial charge < -0.3 is 19.1 Å². The summed E-state index contributed by atoms with van der Waals surface area (Å²) < 4.78 is 48.5. The summed E-state index contributed by atoms with van der Waals surface area (Å²) in [5.41, 5.74) is 3.22. The van der Waals surface area contributed by atoms with Crippen LogP contribution < -0.4 is 19.1 Å². The third-order valence-corrected chi connectivity index (χ3v) is 14.0. The van der Waals surface area contributed by atoms with Gasteiger partial charge in [-0.1, -0.05) is 36.7 Å². The second-order valence-electron chi connectivity index (χ2n) is 14.6. The lowest BCUT2D eigenvalue weighted by molar-refractivity contribution is -0.0817. The highest BCUT2D eigenvalue weighted by Gasteiger charge is 2.51. The molecule has 2 bridgehead atoms. The van der Waals surface area contributed by atoms with Gasteiger partial charge in [0.05, 0.1) is 30.2 Å². The fraction of sp³-hybridized carbons (Fsp3) is 0.487. The van der Waals surface area contributed by atoms with Gasteiger partial charge in [0.1, 0.15) is 11.4 Å². The van der Waals surface area contributed by atoms with Crippen LogP contribution in [0.25, 0.3) is 0 Å². The van der Waals surface area contributed by atoms with Crippen LogP contribution in [-0.2, 0) is 32.2 Å². The number of nitrogens with zero attached hydrogens (tertiary/aromatic N) is 2. The van der Waals surface area contributed by atoms with E-state index in [4.69, 9.17) is 25.8 Å². The second kappa shape index (κ2) is 13.5. The maximum atomic E-state index is 13.6. The van der Waals surface area contributed by atoms with E-state index in [-0.39, 0.29) is 28.7 Å². The number of halogens is 1. The molecule has 50 heavy (non-hydrogen) atoms. The van der Waals surface area contributed by atoms with Gasteiger partial charge in [-0.15, -0.1) is 0 Å². The SMILES string of the molecule is COc1ncccc1[C@]1(OC)/C=C/C[C@H](C)[C@@H](C)S(=O)(=O)NC(=O)c2ccc3c(c2)N(C[C@@H]2CC[C@H]21)C[C@@]1(CCCc2cc(Cl)ccc21)CO3. The number of aryl methyl sites for hydroxylation is 1. The molecule has 3 aromatic rings. The third kappa shape index (κ3) is 6.07. The highest BCUT2D eigenvalue weighted by molar-refractivity contribution is 7.90. The van der Waals surface area contributed by atoms with Crippen molar-refractivity contribution in [2.75, 3.05) is 38.8 Å². The molecule has 7 rings (SSSR count). The van der Waals surface area contributed by atoms with Crippen LogP contribution in [-0.4, -0.2) is 58.5 Å². The Morgan fingerprint density at radius 2 is 1.92 bits per heavy atom. The summed E-state index contributed by atoms with van der Waals surface area (Å²) >= 11 is 6.47. The number of methoxy groups -OCH3 is 2. The number of benzene rings is 2. The number of hydrogen-bond donors (Lipinski definition) is 1. The van der Waals surface area contributed by atoms with Gasteiger partial charge in [-0.05, 0) is 111 Å². The molecular weight excluding hydrogens is 674 g/mol. The summed E-state index contributed by atoms with van der Waals surface area (Å²) in [7, 11) is -0.639. The van der Waals surface area contributed by atoms with Gasteiger partial charge in [-0.25, -0.2) is 18.1 Å². The molecule has 1 N–H and O–H groups in total. The number of aromatic nitrogens is 1. The number of sulfonamides is 1. The summed E-state index contributed by atoms with van der Waals surface area (Å²) in [5.74, 6) is 0.525. The molecule has 11 heteroatoms. The van der Waals surface area contributed by atoms with E-state index in [9.17, 15) is 13.2 Å². The van der Waals surface area contributed by atoms with E-state index in [0.717, 1.165) is 48.4 Å². The first kappa shape index (κ1) is 34.8. The molecule has 0 radical (unpaired) electrons. The molecule has 3 heterocycles. The number of amides is 1. The van der Waals surface area contributed by atoms with Crippen LogP contribution in [0.2, 0.25) is 5.02 Å². The zero-order valence-corrected chi connectivity index (χ0v) is 30.7. The molecular formula is C39H46ClN3O6S. The van der Waals surface area contributed by atoms with Crippen molar-refractivity contribution >= 4 is 33.2 Å². The molecule has 1 fully saturated rings. The van der Waals surface area contributed by atoms with Crippen LogP contribution in [0.3, 0.4) is 0 Å². The maximum Gasteiger partial charge on any atom is 0.264 e. The Morgan fingerprint density at radius 1 is 1.08 bits per heavy atom. The van der Waals surface area contributed by atoms with Gasteiger partial charge in [0.15, 0.2) is 0 Å². The molecule has 1 aromatic heterocycles. The molecule has 2 aromatic carbocycles. The van der Waals surface area contributed by atoms with E-state index in [2.05, 4.69) is 32.8 Å². The second-order valence-corrected chi connectivity index (χ2v) is 17.1. The smallest absolute Gasteiger partial charge is 0.264 e. The lowest BCUT2D eigenvalue weighted by Gasteiger charge is -2.50. The van der Waals surface area contributed by atoms with Gasteiger partial charge in [0.25, 0.3) is 5.91 Å². The number of allylic oxidation sites excluding steroid dienone is 1. The minimum atomic E-state index is -3.99. The van der Waals surface area contributed by atoms with Crippen molar-refractivity contribution in [3.8, 4) is 11.6 Å². The first-order chi connectivity index (χ1) is 24.0. The lowest BCUT2D eigenvalue weighted by Crippen LogP contribution is -2.52. The molecule has 1 spiro atoms. The number of ether oxygens (including phenoxy) is 3. The quantitative estimate of drug-likeness (QED) is 0.294. The molecule has 1 saturated carbocycles. The highest BCUT2D eigenvalue weighted by Crippen LogP contribution is 2.53. The van der Waals surface area contributed by atoms with Crippen molar-refractivity contribution in [1.29, 1.82) is 0 Å². The number of carbonyl (C=O) groups excluding carboxylic acids is 1. The third-order valence-electron chi connectivity index (χ3n) is 11.8. The fourth-order valence-electron chi connectivity index (χ4n) is 8.72. The van der Waals surface area contributed by atoms with Crippen molar-refractivity contribution in [1.82, 2.24) is 9.71 Å². The molecule has 0 unspecified atom stereocenters. The predicted octanol–water partition coefficient (Wildman–Crippen LogP) is 6.83. The van der Waals surface area contributed by atoms with Crippen LogP contribution in [0.4, 0.5) is 5.69 Å². The van der Waals surface area contributed by atoms with Crippen LogP contribution in [0.1, 0.15) is 73.0 Å². The lowest BCUT2D eigenvalue weighted by atomic mass is 9.62. The van der Waals surface area contributed by atoms with E-state index in [1.165, 1.54) is 11.1 Å². The molecule has 266 valence electrons. The van der Waals surface area contributed by atoms with E-state index in [1.807, 2.05) is 37.3 Å². The summed E-state index contributed by atoms with van der Waals surface area (Å²) in [4.78, 5) is 20.5. The predicted molar refractivity (Wildman–Crippen MR) is 195 cm³/mol. The van der Waals surface area contributed by atoms with Crippen LogP contribution in [0.5, 0.6) is 11.6 Å². The standard InChI is InChI=1S/C39H46ClN3O6S/c1-25-8-5-18-39(48-4,33-10-7-19-41-37(33)47-3)32-14-11-29(32)22-43-23-38(17-6-9-27-20-30(40)13-15-31(27)38)24-49-35-16-12-28(21-34(35)43)36(44)42-50(45,46)26(25)2/h5,7,10,12-13,15-16,18-21,25-26,29,32H,6,8-9,11,14,17,22-24H2,1-4H3,(H,42,44)/b18-5+/t25-,26+,29-,32+,38-,39-/m0/s1. The van der Waals surface area contributed by atoms with Gasteiger partial charge >= 0.3 is 0 Å². The summed E-state index contributed by atoms with van der Waals surface area (Å²) in [6.07, 6.45) is 11.1. The molecule has 1 amide bonds. The number of hydrogen-bond acceptors (Lipinski definition) is 8. The van der Waals surface area contributed by atoms with E-state index >= 15 is 0 Å². The van der Waals surface area contributed by atoms with Crippen molar-refractivity contribution in [2.24, 2.45) is 17.8 Å². The first-order valence-electron chi connectivity index (χ1n) is 17.6. The fourth-order valence-corrected chi connectivity index (χ4v) is 10.2. The minimum Gasteiger partial charge on any atom is -0.490 e. The number of carbonyl (C=O) groups is 1. The van der Waals surface area contributed by atoms with Gasteiger partial charge in [-0.2, -0.15) is 0 Å². The molecule has 2 aliphatic heterocycles. The first-order valence-corrected chi connectivity index (χ1v) is 19.5. The molecule has 6 atom stereocenters. The van der Waals surface area contributed by atoms with Crippen molar-refractivity contribution < 1.29 is 27.4 Å². The Morgan fingerprint density at radius 3 is 2.68 bits per heavy atom. The summed E-state index contributed by atoms with van der Waals surface area (Å²) in [6, 6.07) is 15.4. The Kier molecular flexibility index (Phi) is 9.41. The van der Waals surface area contributed by atoms with E-state index in [1.54, 1.807) is 39.5 Å². The van der Waals surface area contributed by atoms with Gasteiger partial charge in [0.2, 0.25) is 15.9 Å². The Labute approximate surface area is 300 Å². The zero-order chi connectivity index (χ0) is 35.3. The van der Waals surface area contributed by atoms with Crippen molar-refractivity contribution in [2.45, 2.75) is 68.6 Å². The average Bonchev–Trinajstić information content (AvgIpc) is 3.25. The number of rotatable bonds is 3. The number of anilines is 1. The highest BCUT2D eigenvalue weighted by atomic mass is 35.5. The van der Waals surface area contributed by atoms with Crippen LogP contribution in [0.15, 0.2) is 66.9 Å².